The Kier molecular flexibility index (Phi) is 6.54. The average molecular weight is 516 g/mol. The fraction of sp³-hybridized carbons (Fsp3) is 0.560. The van der Waals surface area contributed by atoms with Crippen molar-refractivity contribution in [3.63, 3.8) is 0 Å². The molecule has 3 fully saturated rings. The molecule has 2 amide bonds. The number of rotatable bonds is 5. The van der Waals surface area contributed by atoms with Gasteiger partial charge in [-0.25, -0.2) is 12.7 Å². The lowest BCUT2D eigenvalue weighted by Crippen LogP contribution is -2.50. The molecule has 4 heterocycles. The summed E-state index contributed by atoms with van der Waals surface area (Å²) >= 11 is 0. The van der Waals surface area contributed by atoms with Gasteiger partial charge in [0.05, 0.1) is 25.0 Å². The zero-order chi connectivity index (χ0) is 25.5. The number of amides is 2. The molecule has 1 spiro atoms. The summed E-state index contributed by atoms with van der Waals surface area (Å²) in [6.07, 6.45) is 7.93. The summed E-state index contributed by atoms with van der Waals surface area (Å²) in [5.41, 5.74) is 2.21. The molecule has 0 atom stereocenters. The van der Waals surface area contributed by atoms with Crippen molar-refractivity contribution in [2.24, 2.45) is 11.3 Å². The van der Waals surface area contributed by atoms with Crippen molar-refractivity contribution >= 4 is 27.5 Å². The van der Waals surface area contributed by atoms with E-state index >= 15 is 0 Å². The average Bonchev–Trinajstić information content (AvgIpc) is 3.52. The second-order valence-corrected chi connectivity index (χ2v) is 12.1. The van der Waals surface area contributed by atoms with Crippen molar-refractivity contribution in [1.82, 2.24) is 19.4 Å². The van der Waals surface area contributed by atoms with Gasteiger partial charge in [-0.15, -0.1) is 0 Å². The van der Waals surface area contributed by atoms with Crippen molar-refractivity contribution < 1.29 is 22.7 Å². The van der Waals surface area contributed by atoms with Gasteiger partial charge in [0.25, 0.3) is 0 Å². The summed E-state index contributed by atoms with van der Waals surface area (Å²) in [5, 5.41) is 6.82. The maximum absolute atomic E-state index is 13.6. The van der Waals surface area contributed by atoms with Gasteiger partial charge in [0, 0.05) is 67.7 Å². The van der Waals surface area contributed by atoms with Crippen LogP contribution in [-0.4, -0.2) is 85.7 Å². The standard InChI is InChI=1S/C25H33N5O5S/c1-35-22-15-20(3-4-21(22)19-16-26-27-17-19)30-14-9-25(24(30)32)7-12-28(13-8-25)23(31)18-5-10-29(11-6-18)36(2,33)34/h3-4,15-18H,5-14H2,1-2H3,(H,26,27). The predicted octanol–water partition coefficient (Wildman–Crippen LogP) is 2.10. The number of sulfonamides is 1. The lowest BCUT2D eigenvalue weighted by atomic mass is 9.76. The minimum absolute atomic E-state index is 0.0971. The van der Waals surface area contributed by atoms with Gasteiger partial charge in [-0.1, -0.05) is 0 Å². The maximum Gasteiger partial charge on any atom is 0.233 e. The Morgan fingerprint density at radius 3 is 2.42 bits per heavy atom. The van der Waals surface area contributed by atoms with Crippen LogP contribution in [0.3, 0.4) is 0 Å². The molecule has 0 unspecified atom stereocenters. The lowest BCUT2D eigenvalue weighted by molar-refractivity contribution is -0.141. The van der Waals surface area contributed by atoms with E-state index in [9.17, 15) is 18.0 Å². The smallest absolute Gasteiger partial charge is 0.233 e. The number of carbonyl (C=O) groups is 2. The molecule has 3 aliphatic heterocycles. The monoisotopic (exact) mass is 515 g/mol. The molecule has 0 bridgehead atoms. The highest BCUT2D eigenvalue weighted by atomic mass is 32.2. The van der Waals surface area contributed by atoms with E-state index in [1.807, 2.05) is 28.0 Å². The van der Waals surface area contributed by atoms with Crippen molar-refractivity contribution in [3.8, 4) is 16.9 Å². The predicted molar refractivity (Wildman–Crippen MR) is 135 cm³/mol. The Morgan fingerprint density at radius 1 is 1.11 bits per heavy atom. The number of nitrogens with one attached hydrogen (secondary N) is 1. The molecule has 1 N–H and O–H groups in total. The van der Waals surface area contributed by atoms with E-state index in [0.717, 1.165) is 23.2 Å². The third kappa shape index (κ3) is 4.50. The highest BCUT2D eigenvalue weighted by Crippen LogP contribution is 2.44. The summed E-state index contributed by atoms with van der Waals surface area (Å²) in [6.45, 7) is 2.55. The number of carbonyl (C=O) groups excluding carboxylic acids is 2. The topological polar surface area (TPSA) is 116 Å². The van der Waals surface area contributed by atoms with E-state index in [2.05, 4.69) is 10.2 Å². The number of anilines is 1. The minimum Gasteiger partial charge on any atom is -0.496 e. The zero-order valence-corrected chi connectivity index (χ0v) is 21.6. The van der Waals surface area contributed by atoms with Crippen LogP contribution in [-0.2, 0) is 19.6 Å². The van der Waals surface area contributed by atoms with Gasteiger partial charge in [0.2, 0.25) is 21.8 Å². The van der Waals surface area contributed by atoms with Crippen LogP contribution < -0.4 is 9.64 Å². The van der Waals surface area contributed by atoms with Gasteiger partial charge in [-0.05, 0) is 44.2 Å². The van der Waals surface area contributed by atoms with E-state index in [1.165, 1.54) is 10.6 Å². The Morgan fingerprint density at radius 2 is 1.81 bits per heavy atom. The number of aromatic amines is 1. The van der Waals surface area contributed by atoms with Crippen LogP contribution in [0.4, 0.5) is 5.69 Å². The van der Waals surface area contributed by atoms with Crippen molar-refractivity contribution in [3.05, 3.63) is 30.6 Å². The minimum atomic E-state index is -3.21. The van der Waals surface area contributed by atoms with Gasteiger partial charge >= 0.3 is 0 Å². The first-order chi connectivity index (χ1) is 17.2. The number of nitrogens with zero attached hydrogens (tertiary/aromatic N) is 4. The summed E-state index contributed by atoms with van der Waals surface area (Å²) in [7, 11) is -1.59. The van der Waals surface area contributed by atoms with E-state index in [1.54, 1.807) is 19.5 Å². The van der Waals surface area contributed by atoms with E-state index < -0.39 is 15.4 Å². The van der Waals surface area contributed by atoms with Crippen LogP contribution in [0.25, 0.3) is 11.1 Å². The van der Waals surface area contributed by atoms with Crippen LogP contribution in [0.15, 0.2) is 30.6 Å². The van der Waals surface area contributed by atoms with E-state index in [-0.39, 0.29) is 17.7 Å². The quantitative estimate of drug-likeness (QED) is 0.652. The molecule has 1 aromatic heterocycles. The normalized spacial score (nSPS) is 21.3. The summed E-state index contributed by atoms with van der Waals surface area (Å²) in [4.78, 5) is 30.5. The Labute approximate surface area is 211 Å². The molecule has 3 aliphatic rings. The van der Waals surface area contributed by atoms with Crippen LogP contribution >= 0.6 is 0 Å². The zero-order valence-electron chi connectivity index (χ0n) is 20.8. The number of likely N-dealkylation sites (tertiary alicyclic amines) is 1. The summed E-state index contributed by atoms with van der Waals surface area (Å²) in [5.74, 6) is 0.757. The third-order valence-corrected chi connectivity index (χ3v) is 9.43. The SMILES string of the molecule is COc1cc(N2CCC3(CCN(C(=O)C4CCN(S(C)(=O)=O)CC4)CC3)C2=O)ccc1-c1cn[nH]c1. The lowest BCUT2D eigenvalue weighted by Gasteiger charge is -2.40. The van der Waals surface area contributed by atoms with E-state index in [0.29, 0.717) is 64.2 Å². The van der Waals surface area contributed by atoms with E-state index in [4.69, 9.17) is 4.74 Å². The first kappa shape index (κ1) is 24.8. The first-order valence-corrected chi connectivity index (χ1v) is 14.3. The molecule has 0 saturated carbocycles. The third-order valence-electron chi connectivity index (χ3n) is 8.12. The number of benzene rings is 1. The van der Waals surface area contributed by atoms with Gasteiger partial charge in [0.15, 0.2) is 0 Å². The van der Waals surface area contributed by atoms with Crippen LogP contribution in [0.1, 0.15) is 32.1 Å². The number of ether oxygens (including phenoxy) is 1. The molecule has 0 aliphatic carbocycles. The van der Waals surface area contributed by atoms with Crippen molar-refractivity contribution in [2.45, 2.75) is 32.1 Å². The van der Waals surface area contributed by atoms with Crippen molar-refractivity contribution in [1.29, 1.82) is 0 Å². The first-order valence-electron chi connectivity index (χ1n) is 12.4. The fourth-order valence-corrected chi connectivity index (χ4v) is 6.74. The van der Waals surface area contributed by atoms with Crippen LogP contribution in [0.5, 0.6) is 5.75 Å². The number of piperidine rings is 2. The van der Waals surface area contributed by atoms with Gasteiger partial charge in [0.1, 0.15) is 5.75 Å². The molecular formula is C25H33N5O5S. The number of methoxy groups -OCH3 is 1. The number of aromatic nitrogens is 2. The van der Waals surface area contributed by atoms with Gasteiger partial charge in [-0.3, -0.25) is 14.7 Å². The molecule has 0 radical (unpaired) electrons. The maximum atomic E-state index is 13.6. The second-order valence-electron chi connectivity index (χ2n) is 10.1. The second kappa shape index (κ2) is 9.51. The van der Waals surface area contributed by atoms with Crippen molar-refractivity contribution in [2.75, 3.05) is 51.0 Å². The largest absolute Gasteiger partial charge is 0.496 e. The molecule has 194 valence electrons. The summed E-state index contributed by atoms with van der Waals surface area (Å²) < 4.78 is 30.6. The molecule has 2 aromatic rings. The number of H-pyrrole nitrogens is 1. The highest BCUT2D eigenvalue weighted by Gasteiger charge is 2.49. The molecule has 36 heavy (non-hydrogen) atoms. The number of hydrogen-bond donors (Lipinski definition) is 1. The number of hydrogen-bond acceptors (Lipinski definition) is 6. The molecular weight excluding hydrogens is 482 g/mol. The van der Waals surface area contributed by atoms with Crippen LogP contribution in [0.2, 0.25) is 0 Å². The Balaban J connectivity index is 1.22. The Bertz CT molecular complexity index is 1230. The van der Waals surface area contributed by atoms with Crippen LogP contribution in [0, 0.1) is 11.3 Å². The Hall–Kier alpha value is -2.92. The summed E-state index contributed by atoms with van der Waals surface area (Å²) in [6, 6.07) is 5.80. The fourth-order valence-electron chi connectivity index (χ4n) is 5.86. The van der Waals surface area contributed by atoms with Gasteiger partial charge in [-0.2, -0.15) is 5.10 Å². The molecule has 11 heteroatoms. The highest BCUT2D eigenvalue weighted by molar-refractivity contribution is 7.88. The molecule has 3 saturated heterocycles. The molecule has 1 aromatic carbocycles. The molecule has 10 nitrogen and oxygen atoms in total. The molecule has 5 rings (SSSR count). The van der Waals surface area contributed by atoms with Gasteiger partial charge < -0.3 is 14.5 Å².